The maximum Gasteiger partial charge on any atom is 0.234 e. The number of carbonyl (C=O) groups is 1. The first-order chi connectivity index (χ1) is 9.07. The number of carbonyl (C=O) groups excluding carboxylic acids is 1. The van der Waals surface area contributed by atoms with Crippen LogP contribution in [0.4, 0.5) is 10.1 Å². The predicted molar refractivity (Wildman–Crippen MR) is 71.8 cm³/mol. The number of halogens is 2. The Morgan fingerprint density at radius 3 is 3.00 bits per heavy atom. The lowest BCUT2D eigenvalue weighted by Crippen LogP contribution is -2.41. The molecule has 104 valence electrons. The smallest absolute Gasteiger partial charge is 0.234 e. The Morgan fingerprint density at radius 1 is 1.63 bits per heavy atom. The fraction of sp³-hybridized carbons (Fsp3) is 0.462. The standard InChI is InChI=1S/C13H16ClFN2O2/c1-19-8-13(4-5-16-7-13)12(18)17-9-2-3-11(15)10(14)6-9/h2-3,6,16H,4-5,7-8H2,1H3,(H,17,18). The van der Waals surface area contributed by atoms with Crippen LogP contribution in [0.1, 0.15) is 6.42 Å². The first-order valence-electron chi connectivity index (χ1n) is 6.03. The number of amides is 1. The topological polar surface area (TPSA) is 50.4 Å². The summed E-state index contributed by atoms with van der Waals surface area (Å²) in [5.41, 5.74) is -0.0888. The van der Waals surface area contributed by atoms with Crippen molar-refractivity contribution < 1.29 is 13.9 Å². The van der Waals surface area contributed by atoms with Gasteiger partial charge in [-0.05, 0) is 31.2 Å². The van der Waals surface area contributed by atoms with Gasteiger partial charge in [0.2, 0.25) is 5.91 Å². The molecule has 1 aliphatic rings. The summed E-state index contributed by atoms with van der Waals surface area (Å²) in [5, 5.41) is 5.91. The van der Waals surface area contributed by atoms with Gasteiger partial charge in [-0.2, -0.15) is 0 Å². The van der Waals surface area contributed by atoms with E-state index in [1.807, 2.05) is 0 Å². The molecule has 0 aliphatic carbocycles. The van der Waals surface area contributed by atoms with Gasteiger partial charge in [0.15, 0.2) is 0 Å². The molecule has 1 aliphatic heterocycles. The monoisotopic (exact) mass is 286 g/mol. The summed E-state index contributed by atoms with van der Waals surface area (Å²) in [6, 6.07) is 4.12. The normalized spacial score (nSPS) is 22.5. The molecule has 6 heteroatoms. The van der Waals surface area contributed by atoms with Crippen LogP contribution >= 0.6 is 11.6 Å². The van der Waals surface area contributed by atoms with Crippen LogP contribution < -0.4 is 10.6 Å². The van der Waals surface area contributed by atoms with Gasteiger partial charge in [0.05, 0.1) is 17.0 Å². The molecule has 1 heterocycles. The Balaban J connectivity index is 2.12. The third-order valence-electron chi connectivity index (χ3n) is 3.32. The van der Waals surface area contributed by atoms with Crippen LogP contribution in [0.25, 0.3) is 0 Å². The van der Waals surface area contributed by atoms with Crippen molar-refractivity contribution in [1.82, 2.24) is 5.32 Å². The van der Waals surface area contributed by atoms with E-state index in [4.69, 9.17) is 16.3 Å². The van der Waals surface area contributed by atoms with Gasteiger partial charge >= 0.3 is 0 Å². The minimum atomic E-state index is -0.574. The van der Waals surface area contributed by atoms with Gasteiger partial charge in [0, 0.05) is 19.3 Å². The number of methoxy groups -OCH3 is 1. The van der Waals surface area contributed by atoms with Gasteiger partial charge in [-0.25, -0.2) is 4.39 Å². The summed E-state index contributed by atoms with van der Waals surface area (Å²) in [6.07, 6.45) is 0.710. The van der Waals surface area contributed by atoms with E-state index in [1.165, 1.54) is 18.2 Å². The molecule has 1 unspecified atom stereocenters. The van der Waals surface area contributed by atoms with E-state index in [0.29, 0.717) is 25.3 Å². The molecule has 0 spiro atoms. The molecule has 0 saturated carbocycles. The van der Waals surface area contributed by atoms with Crippen LogP contribution in [-0.2, 0) is 9.53 Å². The highest BCUT2D eigenvalue weighted by molar-refractivity contribution is 6.31. The van der Waals surface area contributed by atoms with E-state index >= 15 is 0 Å². The number of hydrogen-bond donors (Lipinski definition) is 2. The van der Waals surface area contributed by atoms with Gasteiger partial charge in [-0.15, -0.1) is 0 Å². The molecular weight excluding hydrogens is 271 g/mol. The number of ether oxygens (including phenoxy) is 1. The van der Waals surface area contributed by atoms with Gasteiger partial charge in [0.25, 0.3) is 0 Å². The van der Waals surface area contributed by atoms with Gasteiger partial charge in [-0.3, -0.25) is 4.79 Å². The fourth-order valence-corrected chi connectivity index (χ4v) is 2.42. The van der Waals surface area contributed by atoms with E-state index in [-0.39, 0.29) is 10.9 Å². The van der Waals surface area contributed by atoms with Crippen molar-refractivity contribution in [3.8, 4) is 0 Å². The van der Waals surface area contributed by atoms with Crippen LogP contribution in [0.5, 0.6) is 0 Å². The Kier molecular flexibility index (Phi) is 4.39. The number of rotatable bonds is 4. The number of benzene rings is 1. The molecule has 0 bridgehead atoms. The first-order valence-corrected chi connectivity index (χ1v) is 6.41. The molecule has 0 aromatic heterocycles. The average molecular weight is 287 g/mol. The van der Waals surface area contributed by atoms with Crippen molar-refractivity contribution in [2.45, 2.75) is 6.42 Å². The third kappa shape index (κ3) is 3.05. The van der Waals surface area contributed by atoms with Crippen molar-refractivity contribution in [3.63, 3.8) is 0 Å². The molecule has 2 N–H and O–H groups in total. The SMILES string of the molecule is COCC1(C(=O)Nc2ccc(F)c(Cl)c2)CCNC1. The zero-order chi connectivity index (χ0) is 13.9. The zero-order valence-corrected chi connectivity index (χ0v) is 11.4. The Hall–Kier alpha value is -1.17. The van der Waals surface area contributed by atoms with Gasteiger partial charge < -0.3 is 15.4 Å². The van der Waals surface area contributed by atoms with E-state index in [1.54, 1.807) is 7.11 Å². The lowest BCUT2D eigenvalue weighted by atomic mass is 9.87. The Morgan fingerprint density at radius 2 is 2.42 bits per heavy atom. The molecule has 0 radical (unpaired) electrons. The van der Waals surface area contributed by atoms with Crippen molar-refractivity contribution >= 4 is 23.2 Å². The number of anilines is 1. The van der Waals surface area contributed by atoms with E-state index in [9.17, 15) is 9.18 Å². The van der Waals surface area contributed by atoms with Crippen LogP contribution in [0.15, 0.2) is 18.2 Å². The molecule has 1 atom stereocenters. The van der Waals surface area contributed by atoms with Crippen LogP contribution in [0.2, 0.25) is 5.02 Å². The molecule has 1 fully saturated rings. The number of nitrogens with one attached hydrogen (secondary N) is 2. The van der Waals surface area contributed by atoms with Crippen LogP contribution in [0.3, 0.4) is 0 Å². The highest BCUT2D eigenvalue weighted by Crippen LogP contribution is 2.28. The Labute approximate surface area is 116 Å². The molecule has 1 aromatic rings. The predicted octanol–water partition coefficient (Wildman–Crippen LogP) is 2.04. The van der Waals surface area contributed by atoms with Gasteiger partial charge in [-0.1, -0.05) is 11.6 Å². The van der Waals surface area contributed by atoms with Crippen LogP contribution in [-0.4, -0.2) is 32.7 Å². The maximum absolute atomic E-state index is 13.1. The lowest BCUT2D eigenvalue weighted by molar-refractivity contribution is -0.127. The molecule has 1 aromatic carbocycles. The number of hydrogen-bond acceptors (Lipinski definition) is 3. The van der Waals surface area contributed by atoms with Crippen molar-refractivity contribution in [2.75, 3.05) is 32.1 Å². The minimum absolute atomic E-state index is 0.0110. The quantitative estimate of drug-likeness (QED) is 0.891. The summed E-state index contributed by atoms with van der Waals surface area (Å²) in [6.45, 7) is 1.70. The molecule has 19 heavy (non-hydrogen) atoms. The molecule has 1 saturated heterocycles. The lowest BCUT2D eigenvalue weighted by Gasteiger charge is -2.26. The summed E-state index contributed by atoms with van der Waals surface area (Å²) < 4.78 is 18.2. The Bertz CT molecular complexity index is 476. The zero-order valence-electron chi connectivity index (χ0n) is 10.6. The van der Waals surface area contributed by atoms with Crippen molar-refractivity contribution in [2.24, 2.45) is 5.41 Å². The van der Waals surface area contributed by atoms with E-state index in [2.05, 4.69) is 10.6 Å². The molecular formula is C13H16ClFN2O2. The molecule has 4 nitrogen and oxygen atoms in total. The molecule has 2 rings (SSSR count). The van der Waals surface area contributed by atoms with E-state index < -0.39 is 11.2 Å². The molecule has 1 amide bonds. The maximum atomic E-state index is 13.1. The highest BCUT2D eigenvalue weighted by Gasteiger charge is 2.41. The average Bonchev–Trinajstić information content (AvgIpc) is 2.84. The van der Waals surface area contributed by atoms with E-state index in [0.717, 1.165) is 6.54 Å². The van der Waals surface area contributed by atoms with Crippen molar-refractivity contribution in [3.05, 3.63) is 29.0 Å². The fourth-order valence-electron chi connectivity index (χ4n) is 2.24. The summed E-state index contributed by atoms with van der Waals surface area (Å²) in [4.78, 5) is 12.4. The van der Waals surface area contributed by atoms with Crippen molar-refractivity contribution in [1.29, 1.82) is 0 Å². The second kappa shape index (κ2) is 5.86. The largest absolute Gasteiger partial charge is 0.384 e. The minimum Gasteiger partial charge on any atom is -0.384 e. The summed E-state index contributed by atoms with van der Waals surface area (Å²) >= 11 is 5.69. The summed E-state index contributed by atoms with van der Waals surface area (Å²) in [5.74, 6) is -0.643. The second-order valence-electron chi connectivity index (χ2n) is 4.72. The van der Waals surface area contributed by atoms with Gasteiger partial charge in [0.1, 0.15) is 5.82 Å². The summed E-state index contributed by atoms with van der Waals surface area (Å²) in [7, 11) is 1.57. The first kappa shape index (κ1) is 14.2. The highest BCUT2D eigenvalue weighted by atomic mass is 35.5. The third-order valence-corrected chi connectivity index (χ3v) is 3.61. The second-order valence-corrected chi connectivity index (χ2v) is 5.13. The van der Waals surface area contributed by atoms with Crippen LogP contribution in [0, 0.1) is 11.2 Å².